The van der Waals surface area contributed by atoms with Gasteiger partial charge >= 0.3 is 0 Å². The summed E-state index contributed by atoms with van der Waals surface area (Å²) in [4.78, 5) is 24.9. The van der Waals surface area contributed by atoms with Gasteiger partial charge in [0.2, 0.25) is 5.91 Å². The van der Waals surface area contributed by atoms with Crippen LogP contribution in [0, 0.1) is 5.41 Å². The Morgan fingerprint density at radius 3 is 1.94 bits per heavy atom. The van der Waals surface area contributed by atoms with E-state index < -0.39 is 29.0 Å². The third-order valence-electron chi connectivity index (χ3n) is 4.73. The quantitative estimate of drug-likeness (QED) is 0.383. The smallest absolute Gasteiger partial charge is 0.255 e. The molecule has 0 heterocycles. The van der Waals surface area contributed by atoms with Crippen LogP contribution >= 0.6 is 11.6 Å². The lowest BCUT2D eigenvalue weighted by molar-refractivity contribution is -0.124. The van der Waals surface area contributed by atoms with Crippen molar-refractivity contribution in [3.63, 3.8) is 0 Å². The van der Waals surface area contributed by atoms with Gasteiger partial charge in [-0.3, -0.25) is 9.59 Å². The van der Waals surface area contributed by atoms with Gasteiger partial charge in [0.1, 0.15) is 17.7 Å². The fourth-order valence-corrected chi connectivity index (χ4v) is 3.59. The Morgan fingerprint density at radius 2 is 1.36 bits per heavy atom. The molecule has 0 aliphatic rings. The summed E-state index contributed by atoms with van der Waals surface area (Å²) in [7, 11) is -1.54. The maximum absolute atomic E-state index is 12.9. The van der Waals surface area contributed by atoms with Crippen molar-refractivity contribution in [1.82, 2.24) is 0 Å². The van der Waals surface area contributed by atoms with E-state index in [0.717, 1.165) is 0 Å². The number of hydrogen-bond donors (Lipinski definition) is 3. The van der Waals surface area contributed by atoms with E-state index >= 15 is 0 Å². The molecular weight excluding hydrogens is 465 g/mol. The van der Waals surface area contributed by atoms with Gasteiger partial charge in [-0.05, 0) is 86.6 Å². The molecule has 3 N–H and O–H groups in total. The van der Waals surface area contributed by atoms with Gasteiger partial charge in [-0.15, -0.1) is 0 Å². The lowest BCUT2D eigenvalue weighted by Gasteiger charge is -2.19. The van der Waals surface area contributed by atoms with Crippen molar-refractivity contribution in [2.24, 2.45) is 5.41 Å². The van der Waals surface area contributed by atoms with Crippen LogP contribution in [0.25, 0.3) is 0 Å². The van der Waals surface area contributed by atoms with E-state index in [-0.39, 0.29) is 5.91 Å². The van der Waals surface area contributed by atoms with Gasteiger partial charge in [-0.2, -0.15) is 0 Å². The van der Waals surface area contributed by atoms with Crippen molar-refractivity contribution in [1.29, 1.82) is 0 Å². The van der Waals surface area contributed by atoms with Crippen molar-refractivity contribution >= 4 is 51.5 Å². The van der Waals surface area contributed by atoms with E-state index in [9.17, 15) is 18.2 Å². The minimum absolute atomic E-state index is 0.277. The summed E-state index contributed by atoms with van der Waals surface area (Å²) in [6.45, 7) is 2.28. The van der Waals surface area contributed by atoms with Crippen LogP contribution in [-0.4, -0.2) is 22.7 Å². The van der Waals surface area contributed by atoms with Gasteiger partial charge in [0.05, 0.1) is 10.3 Å². The molecule has 3 aromatic carbocycles. The predicted octanol–water partition coefficient (Wildman–Crippen LogP) is 5.66. The van der Waals surface area contributed by atoms with Crippen LogP contribution in [-0.2, 0) is 15.8 Å². The SMILES string of the molecule is CC(C)(CF)C(=O)Nc1ccc(NS(=O)c2ccc(NC(=O)c3ccc(Cl)cc3)cc2)cc1. The summed E-state index contributed by atoms with van der Waals surface area (Å²) < 4.78 is 28.4. The minimum Gasteiger partial charge on any atom is -0.326 e. The molecule has 1 unspecified atom stereocenters. The molecule has 33 heavy (non-hydrogen) atoms. The second-order valence-corrected chi connectivity index (χ2v) is 9.55. The Bertz CT molecular complexity index is 1150. The summed E-state index contributed by atoms with van der Waals surface area (Å²) in [5, 5.41) is 5.98. The molecule has 1 atom stereocenters. The zero-order valence-corrected chi connectivity index (χ0v) is 19.6. The molecule has 3 rings (SSSR count). The molecule has 0 saturated carbocycles. The van der Waals surface area contributed by atoms with Gasteiger partial charge in [0, 0.05) is 27.6 Å². The first-order valence-electron chi connectivity index (χ1n) is 10.0. The van der Waals surface area contributed by atoms with Gasteiger partial charge in [0.15, 0.2) is 0 Å². The maximum atomic E-state index is 12.9. The number of carbonyl (C=O) groups is 2. The number of halogens is 2. The van der Waals surface area contributed by atoms with Crippen LogP contribution in [0.5, 0.6) is 0 Å². The molecule has 6 nitrogen and oxygen atoms in total. The molecule has 0 bridgehead atoms. The van der Waals surface area contributed by atoms with Crippen LogP contribution in [0.2, 0.25) is 5.02 Å². The molecular formula is C24H23ClFN3O3S. The summed E-state index contributed by atoms with van der Waals surface area (Å²) in [5.74, 6) is -0.696. The van der Waals surface area contributed by atoms with Crippen molar-refractivity contribution < 1.29 is 18.2 Å². The average molecular weight is 488 g/mol. The van der Waals surface area contributed by atoms with Crippen LogP contribution in [0.1, 0.15) is 24.2 Å². The highest BCUT2D eigenvalue weighted by Gasteiger charge is 2.27. The van der Waals surface area contributed by atoms with Crippen LogP contribution in [0.3, 0.4) is 0 Å². The zero-order valence-electron chi connectivity index (χ0n) is 18.0. The van der Waals surface area contributed by atoms with Crippen LogP contribution < -0.4 is 15.4 Å². The maximum Gasteiger partial charge on any atom is 0.255 e. The highest BCUT2D eigenvalue weighted by atomic mass is 35.5. The van der Waals surface area contributed by atoms with Gasteiger partial charge in [-0.25, -0.2) is 8.60 Å². The van der Waals surface area contributed by atoms with Gasteiger partial charge < -0.3 is 15.4 Å². The van der Waals surface area contributed by atoms with Gasteiger partial charge in [0.25, 0.3) is 5.91 Å². The Kier molecular flexibility index (Phi) is 7.84. The third-order valence-corrected chi connectivity index (χ3v) is 6.11. The van der Waals surface area contributed by atoms with E-state index in [1.54, 1.807) is 72.8 Å². The lowest BCUT2D eigenvalue weighted by atomic mass is 9.94. The van der Waals surface area contributed by atoms with E-state index in [0.29, 0.717) is 32.5 Å². The molecule has 0 saturated heterocycles. The summed E-state index contributed by atoms with van der Waals surface area (Å²) in [6.07, 6.45) is 0. The first-order chi connectivity index (χ1) is 15.7. The van der Waals surface area contributed by atoms with Crippen molar-refractivity contribution in [3.8, 4) is 0 Å². The third kappa shape index (κ3) is 6.63. The Labute approximate surface area is 199 Å². The Hall–Kier alpha value is -3.23. The minimum atomic E-state index is -1.54. The average Bonchev–Trinajstić information content (AvgIpc) is 2.81. The number of nitrogens with one attached hydrogen (secondary N) is 3. The number of benzene rings is 3. The first kappa shape index (κ1) is 24.4. The highest BCUT2D eigenvalue weighted by Crippen LogP contribution is 2.22. The fraction of sp³-hybridized carbons (Fsp3) is 0.167. The molecule has 0 spiro atoms. The molecule has 2 amide bonds. The number of rotatable bonds is 8. The van der Waals surface area contributed by atoms with E-state index in [1.165, 1.54) is 13.8 Å². The van der Waals surface area contributed by atoms with Gasteiger partial charge in [-0.1, -0.05) is 11.6 Å². The fourth-order valence-electron chi connectivity index (χ4n) is 2.61. The number of alkyl halides is 1. The second kappa shape index (κ2) is 10.6. The highest BCUT2D eigenvalue weighted by molar-refractivity contribution is 7.86. The van der Waals surface area contributed by atoms with Crippen molar-refractivity contribution in [2.45, 2.75) is 18.7 Å². The number of amides is 2. The number of anilines is 3. The normalized spacial score (nSPS) is 12.0. The van der Waals surface area contributed by atoms with Crippen molar-refractivity contribution in [3.05, 3.63) is 83.4 Å². The standard InChI is InChI=1S/C24H23ClFN3O3S/c1-24(2,15-26)23(31)28-19-7-9-20(10-8-19)29-33(32)21-13-11-18(12-14-21)27-22(30)16-3-5-17(25)6-4-16/h3-14,29H,15H2,1-2H3,(H,27,30)(H,28,31). The van der Waals surface area contributed by atoms with Crippen molar-refractivity contribution in [2.75, 3.05) is 22.0 Å². The molecule has 0 aromatic heterocycles. The molecule has 3 aromatic rings. The summed E-state index contributed by atoms with van der Waals surface area (Å²) in [5.41, 5.74) is 1.02. The number of hydrogen-bond acceptors (Lipinski definition) is 3. The molecule has 0 aliphatic heterocycles. The second-order valence-electron chi connectivity index (χ2n) is 7.91. The number of carbonyl (C=O) groups excluding carboxylic acids is 2. The van der Waals surface area contributed by atoms with E-state index in [4.69, 9.17) is 11.6 Å². The predicted molar refractivity (Wildman–Crippen MR) is 131 cm³/mol. The zero-order chi connectivity index (χ0) is 24.0. The van der Waals surface area contributed by atoms with Crippen LogP contribution in [0.15, 0.2) is 77.7 Å². The van der Waals surface area contributed by atoms with E-state index in [2.05, 4.69) is 15.4 Å². The Balaban J connectivity index is 1.57. The molecule has 172 valence electrons. The van der Waals surface area contributed by atoms with Crippen LogP contribution in [0.4, 0.5) is 21.5 Å². The summed E-state index contributed by atoms with van der Waals surface area (Å²) >= 11 is 5.84. The molecule has 0 aliphatic carbocycles. The summed E-state index contributed by atoms with van der Waals surface area (Å²) in [6, 6.07) is 19.8. The first-order valence-corrected chi connectivity index (χ1v) is 11.5. The molecule has 0 fully saturated rings. The van der Waals surface area contributed by atoms with E-state index in [1.807, 2.05) is 0 Å². The largest absolute Gasteiger partial charge is 0.326 e. The molecule has 0 radical (unpaired) electrons. The monoisotopic (exact) mass is 487 g/mol. The Morgan fingerprint density at radius 1 is 0.848 bits per heavy atom. The molecule has 9 heteroatoms. The lowest BCUT2D eigenvalue weighted by Crippen LogP contribution is -2.32. The topological polar surface area (TPSA) is 87.3 Å².